The molecule has 0 saturated carbocycles. The Morgan fingerprint density at radius 3 is 2.75 bits per heavy atom. The van der Waals surface area contributed by atoms with Gasteiger partial charge in [0.05, 0.1) is 0 Å². The average molecular weight is 343 g/mol. The summed E-state index contributed by atoms with van der Waals surface area (Å²) < 4.78 is 0. The third-order valence-corrected chi connectivity index (χ3v) is 4.80. The summed E-state index contributed by atoms with van der Waals surface area (Å²) in [6.45, 7) is 4.85. The first-order chi connectivity index (χ1) is 11.6. The lowest BCUT2D eigenvalue weighted by atomic mass is 9.96. The maximum absolute atomic E-state index is 12.7. The summed E-state index contributed by atoms with van der Waals surface area (Å²) >= 11 is 6.12. The summed E-state index contributed by atoms with van der Waals surface area (Å²) in [5.74, 6) is 0.554. The van der Waals surface area contributed by atoms with E-state index in [-0.39, 0.29) is 5.91 Å². The number of aryl methyl sites for hydroxylation is 1. The van der Waals surface area contributed by atoms with Crippen molar-refractivity contribution >= 4 is 17.5 Å². The maximum atomic E-state index is 12.7. The number of carbonyl (C=O) groups is 1. The Kier molecular flexibility index (Phi) is 5.54. The van der Waals surface area contributed by atoms with Crippen molar-refractivity contribution in [3.05, 3.63) is 58.6 Å². The van der Waals surface area contributed by atoms with E-state index in [1.807, 2.05) is 49.4 Å². The van der Waals surface area contributed by atoms with E-state index < -0.39 is 0 Å². The average Bonchev–Trinajstić information content (AvgIpc) is 2.60. The Morgan fingerprint density at radius 1 is 1.21 bits per heavy atom. The van der Waals surface area contributed by atoms with Crippen molar-refractivity contribution in [3.63, 3.8) is 0 Å². The van der Waals surface area contributed by atoms with Crippen molar-refractivity contribution in [2.24, 2.45) is 5.92 Å². The molecule has 4 heteroatoms. The van der Waals surface area contributed by atoms with Gasteiger partial charge in [0.1, 0.15) is 0 Å². The molecule has 1 heterocycles. The van der Waals surface area contributed by atoms with Gasteiger partial charge >= 0.3 is 0 Å². The van der Waals surface area contributed by atoms with Gasteiger partial charge in [-0.25, -0.2) is 0 Å². The van der Waals surface area contributed by atoms with E-state index in [4.69, 9.17) is 11.6 Å². The molecule has 1 aliphatic rings. The highest BCUT2D eigenvalue weighted by molar-refractivity contribution is 6.30. The third-order valence-electron chi connectivity index (χ3n) is 4.57. The standard InChI is InChI=1S/C20H23ClN2O/c1-14-5-6-18(19(11-14)16-3-2-4-17(21)12-16)20(24)23-13-15-7-9-22-10-8-15/h2-6,11-12,15,22H,7-10,13H2,1H3,(H,23,24). The van der Waals surface area contributed by atoms with E-state index in [2.05, 4.69) is 10.6 Å². The molecule has 0 bridgehead atoms. The van der Waals surface area contributed by atoms with Gasteiger partial charge < -0.3 is 10.6 Å². The van der Waals surface area contributed by atoms with Gasteiger partial charge in [0.15, 0.2) is 0 Å². The summed E-state index contributed by atoms with van der Waals surface area (Å²) in [5.41, 5.74) is 3.73. The van der Waals surface area contributed by atoms with Crippen molar-refractivity contribution < 1.29 is 4.79 Å². The number of hydrogen-bond donors (Lipinski definition) is 2. The van der Waals surface area contributed by atoms with Crippen molar-refractivity contribution in [2.75, 3.05) is 19.6 Å². The fourth-order valence-corrected chi connectivity index (χ4v) is 3.36. The first-order valence-corrected chi connectivity index (χ1v) is 8.87. The van der Waals surface area contributed by atoms with Crippen molar-refractivity contribution in [1.82, 2.24) is 10.6 Å². The minimum absolute atomic E-state index is 0.0106. The second kappa shape index (κ2) is 7.82. The molecule has 24 heavy (non-hydrogen) atoms. The highest BCUT2D eigenvalue weighted by atomic mass is 35.5. The van der Waals surface area contributed by atoms with Gasteiger partial charge in [-0.2, -0.15) is 0 Å². The molecule has 2 aromatic rings. The molecule has 0 atom stereocenters. The zero-order chi connectivity index (χ0) is 16.9. The van der Waals surface area contributed by atoms with Crippen LogP contribution in [0.2, 0.25) is 5.02 Å². The van der Waals surface area contributed by atoms with Crippen molar-refractivity contribution in [3.8, 4) is 11.1 Å². The van der Waals surface area contributed by atoms with E-state index >= 15 is 0 Å². The Bertz CT molecular complexity index is 723. The molecular formula is C20H23ClN2O. The van der Waals surface area contributed by atoms with Crippen LogP contribution in [-0.4, -0.2) is 25.5 Å². The third kappa shape index (κ3) is 4.16. The highest BCUT2D eigenvalue weighted by Gasteiger charge is 2.17. The van der Waals surface area contributed by atoms with Crippen LogP contribution in [0.5, 0.6) is 0 Å². The van der Waals surface area contributed by atoms with E-state index in [1.165, 1.54) is 0 Å². The minimum Gasteiger partial charge on any atom is -0.352 e. The lowest BCUT2D eigenvalue weighted by Gasteiger charge is -2.23. The highest BCUT2D eigenvalue weighted by Crippen LogP contribution is 2.27. The molecule has 0 spiro atoms. The van der Waals surface area contributed by atoms with E-state index in [0.29, 0.717) is 16.5 Å². The van der Waals surface area contributed by atoms with Crippen LogP contribution >= 0.6 is 11.6 Å². The number of hydrogen-bond acceptors (Lipinski definition) is 2. The monoisotopic (exact) mass is 342 g/mol. The van der Waals surface area contributed by atoms with Crippen LogP contribution < -0.4 is 10.6 Å². The second-order valence-electron chi connectivity index (χ2n) is 6.46. The Balaban J connectivity index is 1.80. The molecule has 0 aromatic heterocycles. The minimum atomic E-state index is -0.0106. The Hall–Kier alpha value is -1.84. The molecule has 2 N–H and O–H groups in total. The van der Waals surface area contributed by atoms with E-state index in [1.54, 1.807) is 0 Å². The molecular weight excluding hydrogens is 320 g/mol. The van der Waals surface area contributed by atoms with Crippen LogP contribution in [0.15, 0.2) is 42.5 Å². The van der Waals surface area contributed by atoms with E-state index in [9.17, 15) is 4.79 Å². The van der Waals surface area contributed by atoms with Crippen LogP contribution in [-0.2, 0) is 0 Å². The lowest BCUT2D eigenvalue weighted by molar-refractivity contribution is 0.0945. The Morgan fingerprint density at radius 2 is 2.00 bits per heavy atom. The zero-order valence-electron chi connectivity index (χ0n) is 13.9. The van der Waals surface area contributed by atoms with Crippen LogP contribution in [0.1, 0.15) is 28.8 Å². The molecule has 3 rings (SSSR count). The fraction of sp³-hybridized carbons (Fsp3) is 0.350. The predicted octanol–water partition coefficient (Wildman–Crippen LogP) is 4.04. The fourth-order valence-electron chi connectivity index (χ4n) is 3.17. The number of rotatable bonds is 4. The van der Waals surface area contributed by atoms with Crippen LogP contribution in [0.4, 0.5) is 0 Å². The van der Waals surface area contributed by atoms with Gasteiger partial charge in [-0.3, -0.25) is 4.79 Å². The van der Waals surface area contributed by atoms with Gasteiger partial charge in [-0.1, -0.05) is 41.4 Å². The summed E-state index contributed by atoms with van der Waals surface area (Å²) in [5, 5.41) is 7.14. The zero-order valence-corrected chi connectivity index (χ0v) is 14.7. The van der Waals surface area contributed by atoms with Crippen molar-refractivity contribution in [2.45, 2.75) is 19.8 Å². The number of benzene rings is 2. The van der Waals surface area contributed by atoms with Gasteiger partial charge in [0, 0.05) is 17.1 Å². The molecule has 126 valence electrons. The predicted molar refractivity (Wildman–Crippen MR) is 99.6 cm³/mol. The number of amides is 1. The van der Waals surface area contributed by atoms with E-state index in [0.717, 1.165) is 49.2 Å². The van der Waals surface area contributed by atoms with Crippen LogP contribution in [0.3, 0.4) is 0 Å². The second-order valence-corrected chi connectivity index (χ2v) is 6.90. The summed E-state index contributed by atoms with van der Waals surface area (Å²) in [6.07, 6.45) is 2.24. The van der Waals surface area contributed by atoms with Gasteiger partial charge in [0.2, 0.25) is 0 Å². The number of piperidine rings is 1. The van der Waals surface area contributed by atoms with Gasteiger partial charge in [0.25, 0.3) is 5.91 Å². The normalized spacial score (nSPS) is 15.2. The van der Waals surface area contributed by atoms with Crippen LogP contribution in [0.25, 0.3) is 11.1 Å². The Labute approximate surface area is 148 Å². The largest absolute Gasteiger partial charge is 0.352 e. The summed E-state index contributed by atoms with van der Waals surface area (Å²) in [6, 6.07) is 13.6. The first kappa shape index (κ1) is 17.0. The van der Waals surface area contributed by atoms with Gasteiger partial charge in [-0.05, 0) is 68.1 Å². The maximum Gasteiger partial charge on any atom is 0.251 e. The number of carbonyl (C=O) groups excluding carboxylic acids is 1. The SMILES string of the molecule is Cc1ccc(C(=O)NCC2CCNCC2)c(-c2cccc(Cl)c2)c1. The molecule has 1 amide bonds. The molecule has 0 radical (unpaired) electrons. The molecule has 3 nitrogen and oxygen atoms in total. The van der Waals surface area contributed by atoms with Crippen LogP contribution in [0, 0.1) is 12.8 Å². The van der Waals surface area contributed by atoms with Crippen molar-refractivity contribution in [1.29, 1.82) is 0 Å². The molecule has 2 aromatic carbocycles. The number of nitrogens with one attached hydrogen (secondary N) is 2. The number of halogens is 1. The summed E-state index contributed by atoms with van der Waals surface area (Å²) in [7, 11) is 0. The quantitative estimate of drug-likeness (QED) is 0.880. The van der Waals surface area contributed by atoms with Gasteiger partial charge in [-0.15, -0.1) is 0 Å². The summed E-state index contributed by atoms with van der Waals surface area (Å²) in [4.78, 5) is 12.7. The molecule has 1 saturated heterocycles. The molecule has 0 unspecified atom stereocenters. The molecule has 1 fully saturated rings. The first-order valence-electron chi connectivity index (χ1n) is 8.49. The lowest BCUT2D eigenvalue weighted by Crippen LogP contribution is -2.36. The smallest absolute Gasteiger partial charge is 0.251 e. The topological polar surface area (TPSA) is 41.1 Å². The molecule has 0 aliphatic carbocycles. The molecule has 1 aliphatic heterocycles.